The van der Waals surface area contributed by atoms with Crippen molar-refractivity contribution < 1.29 is 9.90 Å². The van der Waals surface area contributed by atoms with Crippen molar-refractivity contribution in [2.75, 3.05) is 4.90 Å². The van der Waals surface area contributed by atoms with E-state index in [9.17, 15) is 9.90 Å². The third kappa shape index (κ3) is 9.32. The normalized spacial score (nSPS) is 14.4. The van der Waals surface area contributed by atoms with Crippen LogP contribution in [0, 0.1) is 0 Å². The second kappa shape index (κ2) is 17.3. The molecule has 2 aromatic heterocycles. The SMILES string of the molecule is CCCCCCCCCCCCn1cc(CN(C(=O)C2CCCc3c(O)cccc32)c2ccc(C(C)C)nc2)cn1.Cl. The van der Waals surface area contributed by atoms with Crippen LogP contribution in [0.1, 0.15) is 132 Å². The van der Waals surface area contributed by atoms with Crippen LogP contribution in [0.15, 0.2) is 48.9 Å². The minimum absolute atomic E-state index is 0. The molecule has 1 aliphatic rings. The number of aromatic nitrogens is 3. The Hall–Kier alpha value is -2.86. The number of pyridine rings is 1. The zero-order chi connectivity index (χ0) is 29.0. The van der Waals surface area contributed by atoms with E-state index in [2.05, 4.69) is 37.1 Å². The van der Waals surface area contributed by atoms with Crippen LogP contribution >= 0.6 is 12.4 Å². The average molecular weight is 595 g/mol. The van der Waals surface area contributed by atoms with Gasteiger partial charge in [0.05, 0.1) is 30.5 Å². The van der Waals surface area contributed by atoms with E-state index in [1.54, 1.807) is 6.07 Å². The molecule has 0 saturated carbocycles. The minimum Gasteiger partial charge on any atom is -0.508 e. The van der Waals surface area contributed by atoms with Crippen molar-refractivity contribution in [3.05, 3.63) is 71.3 Å². The molecule has 230 valence electrons. The van der Waals surface area contributed by atoms with Crippen LogP contribution in [0.4, 0.5) is 5.69 Å². The number of carbonyl (C=O) groups excluding carboxylic acids is 1. The predicted molar refractivity (Wildman–Crippen MR) is 175 cm³/mol. The zero-order valence-corrected chi connectivity index (χ0v) is 26.7. The fourth-order valence-corrected chi connectivity index (χ4v) is 6.02. The van der Waals surface area contributed by atoms with Gasteiger partial charge in [-0.3, -0.25) is 14.5 Å². The standard InChI is InChI=1S/C35H50N4O2.ClH/c1-4-5-6-7-8-9-10-11-12-13-22-38-25-28(23-37-38)26-39(29-20-21-33(27(2)3)36-24-29)35(41)32-18-14-17-31-30(32)16-15-19-34(31)40;/h15-16,19-21,23-25,27,32,40H,4-14,17-18,22,26H2,1-3H3;1H. The third-order valence-corrected chi connectivity index (χ3v) is 8.49. The average Bonchev–Trinajstić information content (AvgIpc) is 3.44. The summed E-state index contributed by atoms with van der Waals surface area (Å²) in [6, 6.07) is 9.61. The largest absolute Gasteiger partial charge is 0.508 e. The number of rotatable bonds is 16. The van der Waals surface area contributed by atoms with Gasteiger partial charge in [-0.2, -0.15) is 5.10 Å². The van der Waals surface area contributed by atoms with Gasteiger partial charge in [-0.15, -0.1) is 12.4 Å². The third-order valence-electron chi connectivity index (χ3n) is 8.49. The lowest BCUT2D eigenvalue weighted by atomic mass is 9.81. The lowest BCUT2D eigenvalue weighted by Gasteiger charge is -2.31. The Labute approximate surface area is 259 Å². The molecule has 0 fully saturated rings. The van der Waals surface area contributed by atoms with Crippen molar-refractivity contribution in [2.24, 2.45) is 0 Å². The molecule has 7 heteroatoms. The Kier molecular flexibility index (Phi) is 13.9. The monoisotopic (exact) mass is 594 g/mol. The number of benzene rings is 1. The quantitative estimate of drug-likeness (QED) is 0.168. The Bertz CT molecular complexity index is 1220. The number of carbonyl (C=O) groups is 1. The Balaban J connectivity index is 0.00000484. The van der Waals surface area contributed by atoms with Crippen LogP contribution in [-0.4, -0.2) is 25.8 Å². The summed E-state index contributed by atoms with van der Waals surface area (Å²) < 4.78 is 2.02. The van der Waals surface area contributed by atoms with Gasteiger partial charge in [-0.1, -0.05) is 90.7 Å². The van der Waals surface area contributed by atoms with E-state index in [0.717, 1.165) is 60.3 Å². The maximum atomic E-state index is 14.2. The summed E-state index contributed by atoms with van der Waals surface area (Å²) in [5, 5.41) is 15.1. The number of hydrogen-bond donors (Lipinski definition) is 1. The Morgan fingerprint density at radius 3 is 2.38 bits per heavy atom. The topological polar surface area (TPSA) is 71.2 Å². The van der Waals surface area contributed by atoms with E-state index in [1.807, 2.05) is 46.2 Å². The van der Waals surface area contributed by atoms with E-state index in [1.165, 1.54) is 57.8 Å². The molecular weight excluding hydrogens is 544 g/mol. The number of anilines is 1. The molecule has 2 heterocycles. The fraction of sp³-hybridized carbons (Fsp3) is 0.571. The molecule has 1 aromatic carbocycles. The molecule has 0 saturated heterocycles. The van der Waals surface area contributed by atoms with Gasteiger partial charge in [0.2, 0.25) is 5.91 Å². The number of aromatic hydroxyl groups is 1. The number of nitrogens with zero attached hydrogens (tertiary/aromatic N) is 4. The van der Waals surface area contributed by atoms with E-state index < -0.39 is 0 Å². The minimum atomic E-state index is -0.280. The number of unbranched alkanes of at least 4 members (excludes halogenated alkanes) is 9. The summed E-state index contributed by atoms with van der Waals surface area (Å²) in [6.45, 7) is 7.87. The van der Waals surface area contributed by atoms with Gasteiger partial charge in [-0.25, -0.2) is 0 Å². The second-order valence-corrected chi connectivity index (χ2v) is 12.1. The van der Waals surface area contributed by atoms with Crippen molar-refractivity contribution in [1.82, 2.24) is 14.8 Å². The summed E-state index contributed by atoms with van der Waals surface area (Å²) in [7, 11) is 0. The lowest BCUT2D eigenvalue weighted by Crippen LogP contribution is -2.36. The van der Waals surface area contributed by atoms with Crippen molar-refractivity contribution in [2.45, 2.75) is 129 Å². The van der Waals surface area contributed by atoms with Crippen molar-refractivity contribution in [3.8, 4) is 5.75 Å². The highest BCUT2D eigenvalue weighted by Crippen LogP contribution is 2.38. The number of phenolic OH excluding ortho intramolecular Hbond substituents is 1. The second-order valence-electron chi connectivity index (χ2n) is 12.1. The van der Waals surface area contributed by atoms with Crippen LogP contribution in [0.3, 0.4) is 0 Å². The molecule has 1 unspecified atom stereocenters. The van der Waals surface area contributed by atoms with Gasteiger partial charge in [0.15, 0.2) is 0 Å². The molecule has 3 aromatic rings. The van der Waals surface area contributed by atoms with Crippen molar-refractivity contribution in [1.29, 1.82) is 0 Å². The van der Waals surface area contributed by atoms with E-state index in [0.29, 0.717) is 18.2 Å². The summed E-state index contributed by atoms with van der Waals surface area (Å²) in [5.41, 5.74) is 4.70. The summed E-state index contributed by atoms with van der Waals surface area (Å²) in [5.74, 6) is 0.392. The fourth-order valence-electron chi connectivity index (χ4n) is 6.02. The molecule has 0 aliphatic heterocycles. The molecular formula is C35H51ClN4O2. The van der Waals surface area contributed by atoms with Gasteiger partial charge in [0.1, 0.15) is 5.75 Å². The first kappa shape index (κ1) is 33.6. The molecule has 0 radical (unpaired) electrons. The first-order valence-corrected chi connectivity index (χ1v) is 16.1. The van der Waals surface area contributed by atoms with Gasteiger partial charge in [0, 0.05) is 24.0 Å². The number of halogens is 1. The Morgan fingerprint density at radius 1 is 1.00 bits per heavy atom. The summed E-state index contributed by atoms with van der Waals surface area (Å²) in [6.07, 6.45) is 21.5. The Morgan fingerprint density at radius 2 is 1.71 bits per heavy atom. The zero-order valence-electron chi connectivity index (χ0n) is 25.9. The highest BCUT2D eigenvalue weighted by atomic mass is 35.5. The van der Waals surface area contributed by atoms with E-state index in [-0.39, 0.29) is 24.2 Å². The maximum Gasteiger partial charge on any atom is 0.234 e. The maximum absolute atomic E-state index is 14.2. The smallest absolute Gasteiger partial charge is 0.234 e. The molecule has 1 N–H and O–H groups in total. The lowest BCUT2D eigenvalue weighted by molar-refractivity contribution is -0.120. The van der Waals surface area contributed by atoms with Gasteiger partial charge >= 0.3 is 0 Å². The number of hydrogen-bond acceptors (Lipinski definition) is 4. The molecule has 1 atom stereocenters. The molecule has 42 heavy (non-hydrogen) atoms. The van der Waals surface area contributed by atoms with Crippen molar-refractivity contribution in [3.63, 3.8) is 0 Å². The summed E-state index contributed by atoms with van der Waals surface area (Å²) >= 11 is 0. The molecule has 0 spiro atoms. The number of amides is 1. The highest BCUT2D eigenvalue weighted by molar-refractivity contribution is 5.98. The molecule has 0 bridgehead atoms. The number of phenols is 1. The van der Waals surface area contributed by atoms with E-state index in [4.69, 9.17) is 0 Å². The number of aryl methyl sites for hydroxylation is 1. The summed E-state index contributed by atoms with van der Waals surface area (Å²) in [4.78, 5) is 20.7. The highest BCUT2D eigenvalue weighted by Gasteiger charge is 2.32. The van der Waals surface area contributed by atoms with Crippen LogP contribution in [-0.2, 0) is 24.3 Å². The van der Waals surface area contributed by atoms with Crippen LogP contribution < -0.4 is 4.90 Å². The van der Waals surface area contributed by atoms with Gasteiger partial charge in [0.25, 0.3) is 0 Å². The molecule has 6 nitrogen and oxygen atoms in total. The molecule has 4 rings (SSSR count). The first-order chi connectivity index (χ1) is 20.0. The predicted octanol–water partition coefficient (Wildman–Crippen LogP) is 9.10. The van der Waals surface area contributed by atoms with Gasteiger partial charge in [-0.05, 0) is 60.9 Å². The number of fused-ring (bicyclic) bond motifs is 1. The van der Waals surface area contributed by atoms with Crippen LogP contribution in [0.25, 0.3) is 0 Å². The molecule has 1 aliphatic carbocycles. The van der Waals surface area contributed by atoms with Crippen LogP contribution in [0.2, 0.25) is 0 Å². The van der Waals surface area contributed by atoms with Crippen LogP contribution in [0.5, 0.6) is 5.75 Å². The molecule has 1 amide bonds. The van der Waals surface area contributed by atoms with E-state index >= 15 is 0 Å². The van der Waals surface area contributed by atoms with Gasteiger partial charge < -0.3 is 10.0 Å². The van der Waals surface area contributed by atoms with Crippen molar-refractivity contribution >= 4 is 24.0 Å². The first-order valence-electron chi connectivity index (χ1n) is 16.1.